The Balaban J connectivity index is 2.38. The number of aliphatic hydroxyl groups is 1. The molecule has 1 unspecified atom stereocenters. The Morgan fingerprint density at radius 1 is 1.05 bits per heavy atom. The smallest absolute Gasteiger partial charge is 0.200 e. The molecule has 0 aliphatic heterocycles. The van der Waals surface area contributed by atoms with E-state index in [1.165, 1.54) is 12.1 Å². The van der Waals surface area contributed by atoms with E-state index >= 15 is 0 Å². The molecule has 0 radical (unpaired) electrons. The minimum Gasteiger partial charge on any atom is -0.491 e. The maximum absolute atomic E-state index is 13.9. The van der Waals surface area contributed by atoms with Crippen LogP contribution in [0.5, 0.6) is 5.75 Å². The van der Waals surface area contributed by atoms with Crippen molar-refractivity contribution < 1.29 is 18.6 Å². The predicted octanol–water partition coefficient (Wildman–Crippen LogP) is 3.45. The Bertz CT molecular complexity index is 556. The van der Waals surface area contributed by atoms with E-state index in [4.69, 9.17) is 4.74 Å². The summed E-state index contributed by atoms with van der Waals surface area (Å²) in [6.45, 7) is 1.93. The summed E-state index contributed by atoms with van der Waals surface area (Å²) < 4.78 is 32.6. The average molecular weight is 264 g/mol. The minimum atomic E-state index is -1.20. The number of aliphatic hydroxyl groups excluding tert-OH is 1. The molecule has 1 N–H and O–H groups in total. The molecule has 1 atom stereocenters. The number of halogens is 2. The molecule has 0 amide bonds. The van der Waals surface area contributed by atoms with Gasteiger partial charge in [0.05, 0.1) is 6.61 Å². The fourth-order valence-electron chi connectivity index (χ4n) is 1.84. The number of benzene rings is 2. The van der Waals surface area contributed by atoms with Crippen LogP contribution in [0, 0.1) is 11.6 Å². The van der Waals surface area contributed by atoms with Gasteiger partial charge in [0.2, 0.25) is 5.82 Å². The fourth-order valence-corrected chi connectivity index (χ4v) is 1.84. The lowest BCUT2D eigenvalue weighted by Crippen LogP contribution is -2.06. The number of ether oxygens (including phenoxy) is 1. The van der Waals surface area contributed by atoms with Crippen molar-refractivity contribution in [1.29, 1.82) is 0 Å². The molecule has 0 bridgehead atoms. The second-order valence-electron chi connectivity index (χ2n) is 4.03. The molecule has 2 aromatic rings. The maximum Gasteiger partial charge on any atom is 0.200 e. The highest BCUT2D eigenvalue weighted by molar-refractivity contribution is 5.36. The van der Waals surface area contributed by atoms with Crippen molar-refractivity contribution in [3.05, 3.63) is 65.2 Å². The summed E-state index contributed by atoms with van der Waals surface area (Å²) in [5.41, 5.74) is 0.400. The fraction of sp³-hybridized carbons (Fsp3) is 0.200. The van der Waals surface area contributed by atoms with Gasteiger partial charge in [-0.05, 0) is 24.6 Å². The zero-order chi connectivity index (χ0) is 13.8. The molecule has 2 rings (SSSR count). The van der Waals surface area contributed by atoms with E-state index in [0.717, 1.165) is 0 Å². The quantitative estimate of drug-likeness (QED) is 0.916. The van der Waals surface area contributed by atoms with Crippen LogP contribution in [0.15, 0.2) is 42.5 Å². The Hall–Kier alpha value is -1.94. The summed E-state index contributed by atoms with van der Waals surface area (Å²) in [6.07, 6.45) is -1.20. The molecule has 2 aromatic carbocycles. The average Bonchev–Trinajstić information content (AvgIpc) is 2.45. The van der Waals surface area contributed by atoms with E-state index in [-0.39, 0.29) is 17.9 Å². The molecule has 0 aliphatic carbocycles. The zero-order valence-electron chi connectivity index (χ0n) is 10.4. The van der Waals surface area contributed by atoms with Crippen LogP contribution >= 0.6 is 0 Å². The maximum atomic E-state index is 13.9. The normalized spacial score (nSPS) is 12.2. The van der Waals surface area contributed by atoms with Crippen molar-refractivity contribution in [3.8, 4) is 5.75 Å². The van der Waals surface area contributed by atoms with Crippen LogP contribution < -0.4 is 4.74 Å². The molecule has 4 heteroatoms. The van der Waals surface area contributed by atoms with Crippen molar-refractivity contribution in [2.75, 3.05) is 6.61 Å². The van der Waals surface area contributed by atoms with E-state index in [0.29, 0.717) is 5.56 Å². The monoisotopic (exact) mass is 264 g/mol. The SMILES string of the molecule is CCOc1ccc(C(O)c2ccccc2)c(F)c1F. The molecule has 0 aliphatic rings. The standard InChI is InChI=1S/C15H14F2O2/c1-2-19-12-9-8-11(13(16)14(12)17)15(18)10-6-4-3-5-7-10/h3-9,15,18H,2H2,1H3. The van der Waals surface area contributed by atoms with Crippen molar-refractivity contribution in [3.63, 3.8) is 0 Å². The van der Waals surface area contributed by atoms with Gasteiger partial charge in [0.25, 0.3) is 0 Å². The van der Waals surface area contributed by atoms with E-state index in [9.17, 15) is 13.9 Å². The van der Waals surface area contributed by atoms with E-state index in [1.54, 1.807) is 37.3 Å². The number of hydrogen-bond donors (Lipinski definition) is 1. The molecule has 0 heterocycles. The van der Waals surface area contributed by atoms with Gasteiger partial charge < -0.3 is 9.84 Å². The van der Waals surface area contributed by atoms with Gasteiger partial charge in [-0.1, -0.05) is 30.3 Å². The lowest BCUT2D eigenvalue weighted by atomic mass is 10.0. The van der Waals surface area contributed by atoms with Crippen LogP contribution in [-0.4, -0.2) is 11.7 Å². The second-order valence-corrected chi connectivity index (χ2v) is 4.03. The molecule has 0 aromatic heterocycles. The van der Waals surface area contributed by atoms with Crippen molar-refractivity contribution >= 4 is 0 Å². The van der Waals surface area contributed by atoms with Crippen LogP contribution in [0.1, 0.15) is 24.2 Å². The van der Waals surface area contributed by atoms with Gasteiger partial charge >= 0.3 is 0 Å². The summed E-state index contributed by atoms with van der Waals surface area (Å²) in [5, 5.41) is 10.1. The highest BCUT2D eigenvalue weighted by atomic mass is 19.2. The molecule has 100 valence electrons. The highest BCUT2D eigenvalue weighted by Gasteiger charge is 2.20. The van der Waals surface area contributed by atoms with Gasteiger partial charge in [0, 0.05) is 5.56 Å². The van der Waals surface area contributed by atoms with Gasteiger partial charge in [-0.2, -0.15) is 4.39 Å². The van der Waals surface area contributed by atoms with Gasteiger partial charge in [-0.3, -0.25) is 0 Å². The van der Waals surface area contributed by atoms with Crippen LogP contribution in [0.3, 0.4) is 0 Å². The molecular weight excluding hydrogens is 250 g/mol. The number of hydrogen-bond acceptors (Lipinski definition) is 2. The van der Waals surface area contributed by atoms with Crippen molar-refractivity contribution in [2.24, 2.45) is 0 Å². The Morgan fingerprint density at radius 3 is 2.37 bits per heavy atom. The van der Waals surface area contributed by atoms with Crippen molar-refractivity contribution in [2.45, 2.75) is 13.0 Å². The van der Waals surface area contributed by atoms with Crippen LogP contribution in [0.4, 0.5) is 8.78 Å². The van der Waals surface area contributed by atoms with Crippen LogP contribution in [-0.2, 0) is 0 Å². The van der Waals surface area contributed by atoms with E-state index in [1.807, 2.05) is 0 Å². The Kier molecular flexibility index (Phi) is 4.12. The third kappa shape index (κ3) is 2.74. The molecule has 0 saturated carbocycles. The first-order chi connectivity index (χ1) is 9.15. The van der Waals surface area contributed by atoms with E-state index < -0.39 is 17.7 Å². The number of rotatable bonds is 4. The molecule has 0 spiro atoms. The summed E-state index contributed by atoms with van der Waals surface area (Å²) in [7, 11) is 0. The van der Waals surface area contributed by atoms with Crippen LogP contribution in [0.2, 0.25) is 0 Å². The second kappa shape index (κ2) is 5.80. The van der Waals surface area contributed by atoms with Gasteiger partial charge in [0.15, 0.2) is 11.6 Å². The summed E-state index contributed by atoms with van der Waals surface area (Å²) in [5.74, 6) is -2.30. The van der Waals surface area contributed by atoms with E-state index in [2.05, 4.69) is 0 Å². The first kappa shape index (κ1) is 13.5. The lowest BCUT2D eigenvalue weighted by Gasteiger charge is -2.14. The summed E-state index contributed by atoms with van der Waals surface area (Å²) in [6, 6.07) is 11.2. The van der Waals surface area contributed by atoms with Gasteiger partial charge in [0.1, 0.15) is 6.10 Å². The van der Waals surface area contributed by atoms with Gasteiger partial charge in [-0.15, -0.1) is 0 Å². The Labute approximate surface area is 110 Å². The molecule has 19 heavy (non-hydrogen) atoms. The summed E-state index contributed by atoms with van der Waals surface area (Å²) in [4.78, 5) is 0. The zero-order valence-corrected chi connectivity index (χ0v) is 10.4. The minimum absolute atomic E-state index is 0.104. The molecule has 2 nitrogen and oxygen atoms in total. The van der Waals surface area contributed by atoms with Crippen LogP contribution in [0.25, 0.3) is 0 Å². The topological polar surface area (TPSA) is 29.5 Å². The first-order valence-electron chi connectivity index (χ1n) is 5.98. The third-order valence-corrected chi connectivity index (χ3v) is 2.79. The highest BCUT2D eigenvalue weighted by Crippen LogP contribution is 2.29. The lowest BCUT2D eigenvalue weighted by molar-refractivity contribution is 0.212. The molecule has 0 fully saturated rings. The largest absolute Gasteiger partial charge is 0.491 e. The summed E-state index contributed by atoms with van der Waals surface area (Å²) >= 11 is 0. The molecule has 0 saturated heterocycles. The van der Waals surface area contributed by atoms with Crippen molar-refractivity contribution in [1.82, 2.24) is 0 Å². The Morgan fingerprint density at radius 2 is 1.74 bits per heavy atom. The molecular formula is C15H14F2O2. The van der Waals surface area contributed by atoms with Gasteiger partial charge in [-0.25, -0.2) is 4.39 Å². The first-order valence-corrected chi connectivity index (χ1v) is 5.98. The predicted molar refractivity (Wildman–Crippen MR) is 68.0 cm³/mol. The third-order valence-electron chi connectivity index (χ3n) is 2.79.